The highest BCUT2D eigenvalue weighted by molar-refractivity contribution is 7.20. The lowest BCUT2D eigenvalue weighted by Crippen LogP contribution is -2.12. The Morgan fingerprint density at radius 3 is 2.53 bits per heavy atom. The highest BCUT2D eigenvalue weighted by Crippen LogP contribution is 2.38. The van der Waals surface area contributed by atoms with Gasteiger partial charge in [-0.05, 0) is 48.9 Å². The zero-order chi connectivity index (χ0) is 24.0. The predicted octanol–water partition coefficient (Wildman–Crippen LogP) is 4.66. The first-order chi connectivity index (χ1) is 16.4. The average Bonchev–Trinajstić information content (AvgIpc) is 3.54. The highest BCUT2D eigenvalue weighted by Gasteiger charge is 2.20. The maximum atomic E-state index is 11.8. The third-order valence-electron chi connectivity index (χ3n) is 5.70. The van der Waals surface area contributed by atoms with E-state index in [1.807, 2.05) is 40.5 Å². The molecule has 0 radical (unpaired) electrons. The van der Waals surface area contributed by atoms with Crippen LogP contribution < -0.4 is 10.5 Å². The number of carboxylic acid groups (broad SMARTS) is 1. The van der Waals surface area contributed by atoms with Gasteiger partial charge >= 0.3 is 5.97 Å². The van der Waals surface area contributed by atoms with Crippen LogP contribution in [0.2, 0.25) is 0 Å². The number of nitrogens with two attached hydrogens (primary N) is 1. The van der Waals surface area contributed by atoms with E-state index in [-0.39, 0.29) is 10.4 Å². The second-order valence-electron chi connectivity index (χ2n) is 7.75. The molecule has 8 nitrogen and oxygen atoms in total. The van der Waals surface area contributed by atoms with Crippen molar-refractivity contribution < 1.29 is 19.4 Å². The van der Waals surface area contributed by atoms with E-state index in [2.05, 4.69) is 11.1 Å². The average molecular weight is 473 g/mol. The van der Waals surface area contributed by atoms with E-state index in [0.717, 1.165) is 38.4 Å². The van der Waals surface area contributed by atoms with Crippen LogP contribution in [0.25, 0.3) is 32.8 Å². The van der Waals surface area contributed by atoms with Crippen LogP contribution in [0.1, 0.15) is 25.6 Å². The number of thiophene rings is 1. The highest BCUT2D eigenvalue weighted by atomic mass is 32.1. The molecule has 0 spiro atoms. The van der Waals surface area contributed by atoms with Crippen molar-refractivity contribution in [2.45, 2.75) is 6.92 Å². The Labute approximate surface area is 198 Å². The number of aromatic carboxylic acids is 1. The van der Waals surface area contributed by atoms with Crippen molar-refractivity contribution in [2.75, 3.05) is 7.11 Å². The number of ether oxygens (including phenoxy) is 1. The van der Waals surface area contributed by atoms with Crippen LogP contribution in [0.5, 0.6) is 5.75 Å². The Balaban J connectivity index is 1.74. The first kappa shape index (κ1) is 21.5. The van der Waals surface area contributed by atoms with Gasteiger partial charge in [-0.1, -0.05) is 6.07 Å². The quantitative estimate of drug-likeness (QED) is 0.373. The number of amides is 1. The Morgan fingerprint density at radius 2 is 1.88 bits per heavy atom. The zero-order valence-corrected chi connectivity index (χ0v) is 19.2. The summed E-state index contributed by atoms with van der Waals surface area (Å²) in [5, 5.41) is 9.52. The van der Waals surface area contributed by atoms with E-state index in [1.54, 1.807) is 36.8 Å². The molecule has 0 fully saturated rings. The van der Waals surface area contributed by atoms with Gasteiger partial charge in [0.2, 0.25) is 0 Å². The number of benzene rings is 2. The van der Waals surface area contributed by atoms with Crippen LogP contribution in [0, 0.1) is 6.92 Å². The second kappa shape index (κ2) is 8.20. The summed E-state index contributed by atoms with van der Waals surface area (Å²) < 4.78 is 10.2. The Kier molecular flexibility index (Phi) is 5.18. The number of imidazole rings is 1. The Bertz CT molecular complexity index is 1560. The minimum atomic E-state index is -0.975. The molecule has 5 rings (SSSR count). The predicted molar refractivity (Wildman–Crippen MR) is 130 cm³/mol. The molecule has 0 aliphatic rings. The van der Waals surface area contributed by atoms with Gasteiger partial charge in [-0.15, -0.1) is 11.3 Å². The van der Waals surface area contributed by atoms with Crippen molar-refractivity contribution in [2.24, 2.45) is 5.73 Å². The number of hydrogen-bond acceptors (Lipinski definition) is 5. The van der Waals surface area contributed by atoms with Crippen LogP contribution >= 0.6 is 11.3 Å². The van der Waals surface area contributed by atoms with Gasteiger partial charge in [-0.3, -0.25) is 4.79 Å². The van der Waals surface area contributed by atoms with Crippen LogP contribution in [-0.4, -0.2) is 38.2 Å². The molecule has 3 aromatic heterocycles. The molecule has 3 N–H and O–H groups in total. The summed E-state index contributed by atoms with van der Waals surface area (Å²) in [6, 6.07) is 14.9. The molecule has 0 saturated heterocycles. The lowest BCUT2D eigenvalue weighted by atomic mass is 10.0. The number of aryl methyl sites for hydroxylation is 1. The monoisotopic (exact) mass is 472 g/mol. The van der Waals surface area contributed by atoms with Crippen molar-refractivity contribution in [3.8, 4) is 28.4 Å². The van der Waals surface area contributed by atoms with Gasteiger partial charge in [0, 0.05) is 35.4 Å². The minimum Gasteiger partial charge on any atom is -0.496 e. The smallest absolute Gasteiger partial charge is 0.345 e. The summed E-state index contributed by atoms with van der Waals surface area (Å²) in [5.41, 5.74) is 11.1. The van der Waals surface area contributed by atoms with Crippen molar-refractivity contribution in [3.63, 3.8) is 0 Å². The molecule has 9 heteroatoms. The maximum absolute atomic E-state index is 11.8. The molecule has 3 heterocycles. The van der Waals surface area contributed by atoms with Crippen LogP contribution in [0.3, 0.4) is 0 Å². The molecular formula is C25H20N4O4S. The van der Waals surface area contributed by atoms with Crippen molar-refractivity contribution in [1.29, 1.82) is 0 Å². The molecule has 0 aliphatic heterocycles. The number of aromatic nitrogens is 3. The summed E-state index contributed by atoms with van der Waals surface area (Å²) in [7, 11) is 1.48. The number of carbonyl (C=O) groups excluding carboxylic acids is 1. The van der Waals surface area contributed by atoms with E-state index in [1.165, 1.54) is 18.4 Å². The number of methoxy groups -OCH3 is 1. The molecule has 170 valence electrons. The maximum Gasteiger partial charge on any atom is 0.345 e. The number of hydrogen-bond donors (Lipinski definition) is 2. The molecule has 0 bridgehead atoms. The van der Waals surface area contributed by atoms with Gasteiger partial charge in [0.15, 0.2) is 0 Å². The fourth-order valence-corrected chi connectivity index (χ4v) is 5.02. The molecule has 1 amide bonds. The first-order valence-electron chi connectivity index (χ1n) is 10.3. The van der Waals surface area contributed by atoms with Crippen LogP contribution in [0.15, 0.2) is 67.3 Å². The summed E-state index contributed by atoms with van der Waals surface area (Å²) in [6.07, 6.45) is 5.35. The van der Waals surface area contributed by atoms with Crippen molar-refractivity contribution in [3.05, 3.63) is 83.3 Å². The first-order valence-corrected chi connectivity index (χ1v) is 11.1. The number of primary amides is 1. The fourth-order valence-electron chi connectivity index (χ4n) is 4.10. The SMILES string of the molecule is COc1cc(-n2c(-c3ccc(-n4ccnc4)cc3C)cc3sc(C(=O)O)cc32)ccc1C(N)=O. The number of carboxylic acids is 1. The fraction of sp³-hybridized carbons (Fsp3) is 0.0800. The molecule has 34 heavy (non-hydrogen) atoms. The van der Waals surface area contributed by atoms with E-state index in [9.17, 15) is 14.7 Å². The van der Waals surface area contributed by atoms with Crippen LogP contribution in [0.4, 0.5) is 0 Å². The molecule has 0 unspecified atom stereocenters. The van der Waals surface area contributed by atoms with E-state index < -0.39 is 11.9 Å². The number of nitrogens with zero attached hydrogens (tertiary/aromatic N) is 3. The lowest BCUT2D eigenvalue weighted by molar-refractivity contribution is 0.0702. The van der Waals surface area contributed by atoms with Gasteiger partial charge in [-0.25, -0.2) is 9.78 Å². The molecule has 2 aromatic carbocycles. The normalized spacial score (nSPS) is 11.1. The molecule has 0 atom stereocenters. The molecular weight excluding hydrogens is 452 g/mol. The molecule has 0 saturated carbocycles. The van der Waals surface area contributed by atoms with Gasteiger partial charge in [-0.2, -0.15) is 0 Å². The van der Waals surface area contributed by atoms with E-state index in [4.69, 9.17) is 10.5 Å². The van der Waals surface area contributed by atoms with Crippen LogP contribution in [-0.2, 0) is 0 Å². The van der Waals surface area contributed by atoms with Crippen molar-refractivity contribution >= 4 is 33.4 Å². The Morgan fingerprint density at radius 1 is 1.09 bits per heavy atom. The zero-order valence-electron chi connectivity index (χ0n) is 18.4. The summed E-state index contributed by atoms with van der Waals surface area (Å²) in [4.78, 5) is 27.8. The van der Waals surface area contributed by atoms with E-state index >= 15 is 0 Å². The van der Waals surface area contributed by atoms with Crippen molar-refractivity contribution in [1.82, 2.24) is 14.1 Å². The van der Waals surface area contributed by atoms with Gasteiger partial charge in [0.25, 0.3) is 5.91 Å². The summed E-state index contributed by atoms with van der Waals surface area (Å²) >= 11 is 1.22. The summed E-state index contributed by atoms with van der Waals surface area (Å²) in [6.45, 7) is 2.03. The standard InChI is InChI=1S/C25H20N4O4S/c1-14-9-15(28-8-7-27-13-28)3-5-17(14)19-11-22-20(12-23(34-22)25(31)32)29(19)16-4-6-18(24(26)30)21(10-16)33-2/h3-13H,1-2H3,(H2,26,30)(H,31,32). The topological polar surface area (TPSA) is 112 Å². The molecule has 5 aromatic rings. The number of fused-ring (bicyclic) bond motifs is 1. The second-order valence-corrected chi connectivity index (χ2v) is 8.83. The Hall–Kier alpha value is -4.37. The third-order valence-corrected chi connectivity index (χ3v) is 6.76. The third kappa shape index (κ3) is 3.52. The lowest BCUT2D eigenvalue weighted by Gasteiger charge is -2.15. The number of rotatable bonds is 6. The van der Waals surface area contributed by atoms with E-state index in [0.29, 0.717) is 5.75 Å². The largest absolute Gasteiger partial charge is 0.496 e. The van der Waals surface area contributed by atoms with Gasteiger partial charge in [0.05, 0.1) is 34.9 Å². The minimum absolute atomic E-state index is 0.248. The molecule has 0 aliphatic carbocycles. The van der Waals surface area contributed by atoms with Gasteiger partial charge < -0.3 is 24.7 Å². The summed E-state index contributed by atoms with van der Waals surface area (Å²) in [5.74, 6) is -1.22. The number of carbonyl (C=O) groups is 2. The van der Waals surface area contributed by atoms with Gasteiger partial charge in [0.1, 0.15) is 10.6 Å².